The summed E-state index contributed by atoms with van der Waals surface area (Å²) in [5.41, 5.74) is -0.184. The van der Waals surface area contributed by atoms with Gasteiger partial charge in [0, 0.05) is 17.4 Å². The molecule has 0 aliphatic carbocycles. The summed E-state index contributed by atoms with van der Waals surface area (Å²) in [7, 11) is 0. The smallest absolute Gasteiger partial charge is 0.283 e. The van der Waals surface area contributed by atoms with E-state index in [1.165, 1.54) is 18.2 Å². The summed E-state index contributed by atoms with van der Waals surface area (Å²) in [6, 6.07) is 9.63. The Balaban J connectivity index is 2.26. The molecule has 0 heterocycles. The Morgan fingerprint density at radius 2 is 1.95 bits per heavy atom. The topological polar surface area (TPSA) is 83.3 Å². The molecule has 0 unspecified atom stereocenters. The lowest BCUT2D eigenvalue weighted by Gasteiger charge is -2.07. The van der Waals surface area contributed by atoms with Gasteiger partial charge in [0.15, 0.2) is 0 Å². The number of nitro benzene ring substituents is 1. The number of carboxylic acids is 1. The van der Waals surface area contributed by atoms with Gasteiger partial charge in [-0.1, -0.05) is 24.3 Å². The Bertz CT molecular complexity index is 705. The second-order valence-corrected chi connectivity index (χ2v) is 5.12. The van der Waals surface area contributed by atoms with Gasteiger partial charge >= 0.3 is 0 Å². The number of nitrogens with zero attached hydrogens (tertiary/aromatic N) is 1. The molecule has 0 aromatic heterocycles. The molecule has 21 heavy (non-hydrogen) atoms. The molecule has 0 saturated heterocycles. The maximum absolute atomic E-state index is 13.5. The average Bonchev–Trinajstić information content (AvgIpc) is 2.46. The molecule has 0 N–H and O–H groups in total. The van der Waals surface area contributed by atoms with Crippen LogP contribution in [0, 0.1) is 15.9 Å². The van der Waals surface area contributed by atoms with E-state index in [9.17, 15) is 24.4 Å². The van der Waals surface area contributed by atoms with Crippen molar-refractivity contribution in [3.8, 4) is 0 Å². The minimum Gasteiger partial charge on any atom is -0.545 e. The van der Waals surface area contributed by atoms with Gasteiger partial charge in [-0.2, -0.15) is 0 Å². The van der Waals surface area contributed by atoms with Crippen LogP contribution in [0.15, 0.2) is 47.4 Å². The van der Waals surface area contributed by atoms with Crippen molar-refractivity contribution in [1.29, 1.82) is 0 Å². The van der Waals surface area contributed by atoms with Gasteiger partial charge in [-0.05, 0) is 17.7 Å². The maximum Gasteiger partial charge on any atom is 0.283 e. The lowest BCUT2D eigenvalue weighted by Crippen LogP contribution is -2.22. The number of hydrogen-bond acceptors (Lipinski definition) is 5. The van der Waals surface area contributed by atoms with Gasteiger partial charge in [-0.25, -0.2) is 4.39 Å². The maximum atomic E-state index is 13.5. The summed E-state index contributed by atoms with van der Waals surface area (Å²) in [6.45, 7) is 0. The number of carbonyl (C=O) groups is 1. The van der Waals surface area contributed by atoms with Crippen molar-refractivity contribution in [3.63, 3.8) is 0 Å². The Labute approximate surface area is 123 Å². The molecule has 2 aromatic rings. The second kappa shape index (κ2) is 6.36. The van der Waals surface area contributed by atoms with Gasteiger partial charge in [0.25, 0.3) is 5.69 Å². The minimum absolute atomic E-state index is 0.207. The molecule has 5 nitrogen and oxygen atoms in total. The van der Waals surface area contributed by atoms with Gasteiger partial charge in [-0.3, -0.25) is 10.1 Å². The predicted octanol–water partition coefficient (Wildman–Crippen LogP) is 2.39. The number of carbonyl (C=O) groups excluding carboxylic acids is 1. The molecular formula is C14H9FNO4S-. The van der Waals surface area contributed by atoms with Crippen LogP contribution in [0.1, 0.15) is 15.9 Å². The first-order valence-electron chi connectivity index (χ1n) is 5.85. The quantitative estimate of drug-likeness (QED) is 0.481. The summed E-state index contributed by atoms with van der Waals surface area (Å²) < 4.78 is 13.5. The van der Waals surface area contributed by atoms with E-state index in [-0.39, 0.29) is 27.7 Å². The van der Waals surface area contributed by atoms with E-state index >= 15 is 0 Å². The third-order valence-corrected chi connectivity index (χ3v) is 3.84. The molecule has 2 aromatic carbocycles. The molecule has 0 atom stereocenters. The standard InChI is InChI=1S/C14H10FNO4S/c15-11-4-2-1-3-10(11)8-21-13-6-5-9(14(17)18)7-12(13)16(19)20/h1-7H,8H2,(H,17,18)/p-1. The van der Waals surface area contributed by atoms with Crippen molar-refractivity contribution < 1.29 is 19.2 Å². The van der Waals surface area contributed by atoms with E-state index in [1.54, 1.807) is 18.2 Å². The summed E-state index contributed by atoms with van der Waals surface area (Å²) >= 11 is 1.07. The molecular weight excluding hydrogens is 297 g/mol. The Hall–Kier alpha value is -2.41. The van der Waals surface area contributed by atoms with E-state index in [0.717, 1.165) is 17.8 Å². The van der Waals surface area contributed by atoms with Crippen LogP contribution in [-0.2, 0) is 5.75 Å². The van der Waals surface area contributed by atoms with E-state index < -0.39 is 10.9 Å². The van der Waals surface area contributed by atoms with Gasteiger partial charge < -0.3 is 9.90 Å². The molecule has 0 radical (unpaired) electrons. The molecule has 0 bridgehead atoms. The molecule has 0 aliphatic rings. The van der Waals surface area contributed by atoms with Crippen LogP contribution in [0.25, 0.3) is 0 Å². The van der Waals surface area contributed by atoms with Crippen LogP contribution >= 0.6 is 11.8 Å². The van der Waals surface area contributed by atoms with E-state index in [1.807, 2.05) is 0 Å². The monoisotopic (exact) mass is 306 g/mol. The van der Waals surface area contributed by atoms with Crippen molar-refractivity contribution in [2.45, 2.75) is 10.6 Å². The summed E-state index contributed by atoms with van der Waals surface area (Å²) in [5.74, 6) is -1.67. The second-order valence-electron chi connectivity index (χ2n) is 4.11. The lowest BCUT2D eigenvalue weighted by atomic mass is 10.2. The molecule has 0 amide bonds. The highest BCUT2D eigenvalue weighted by Gasteiger charge is 2.16. The zero-order valence-electron chi connectivity index (χ0n) is 10.6. The molecule has 108 valence electrons. The van der Waals surface area contributed by atoms with Crippen LogP contribution in [0.2, 0.25) is 0 Å². The third kappa shape index (κ3) is 3.57. The van der Waals surface area contributed by atoms with Crippen molar-refractivity contribution >= 4 is 23.4 Å². The molecule has 7 heteroatoms. The average molecular weight is 306 g/mol. The van der Waals surface area contributed by atoms with Crippen LogP contribution in [0.3, 0.4) is 0 Å². The number of aromatic carboxylic acids is 1. The fraction of sp³-hybridized carbons (Fsp3) is 0.0714. The highest BCUT2D eigenvalue weighted by atomic mass is 32.2. The Kier molecular flexibility index (Phi) is 4.54. The van der Waals surface area contributed by atoms with Gasteiger partial charge in [0.2, 0.25) is 0 Å². The van der Waals surface area contributed by atoms with Crippen molar-refractivity contribution in [2.24, 2.45) is 0 Å². The fourth-order valence-electron chi connectivity index (χ4n) is 1.68. The third-order valence-electron chi connectivity index (χ3n) is 2.73. The van der Waals surface area contributed by atoms with Crippen molar-refractivity contribution in [2.75, 3.05) is 0 Å². The van der Waals surface area contributed by atoms with Gasteiger partial charge in [0.1, 0.15) is 5.82 Å². The first-order valence-corrected chi connectivity index (χ1v) is 6.83. The summed E-state index contributed by atoms with van der Waals surface area (Å²) in [5, 5.41) is 21.7. The highest BCUT2D eigenvalue weighted by Crippen LogP contribution is 2.32. The first-order chi connectivity index (χ1) is 9.99. The fourth-order valence-corrected chi connectivity index (χ4v) is 2.67. The summed E-state index contributed by atoms with van der Waals surface area (Å²) in [6.07, 6.45) is 0. The molecule has 0 fully saturated rings. The molecule has 0 aliphatic heterocycles. The van der Waals surface area contributed by atoms with E-state index in [0.29, 0.717) is 5.56 Å². The molecule has 0 saturated carbocycles. The number of halogens is 1. The normalized spacial score (nSPS) is 10.3. The minimum atomic E-state index is -1.48. The summed E-state index contributed by atoms with van der Waals surface area (Å²) in [4.78, 5) is 21.3. The number of thioether (sulfide) groups is 1. The number of nitro groups is 1. The van der Waals surface area contributed by atoms with E-state index in [2.05, 4.69) is 0 Å². The van der Waals surface area contributed by atoms with Crippen LogP contribution in [-0.4, -0.2) is 10.9 Å². The predicted molar refractivity (Wildman–Crippen MR) is 73.4 cm³/mol. The van der Waals surface area contributed by atoms with Crippen molar-refractivity contribution in [3.05, 3.63) is 69.5 Å². The van der Waals surface area contributed by atoms with E-state index in [4.69, 9.17) is 0 Å². The largest absolute Gasteiger partial charge is 0.545 e. The lowest BCUT2D eigenvalue weighted by molar-refractivity contribution is -0.387. The van der Waals surface area contributed by atoms with Crippen LogP contribution < -0.4 is 5.11 Å². The zero-order chi connectivity index (χ0) is 15.4. The number of carboxylic acid groups (broad SMARTS) is 1. The van der Waals surface area contributed by atoms with Crippen LogP contribution in [0.4, 0.5) is 10.1 Å². The zero-order valence-corrected chi connectivity index (χ0v) is 11.4. The SMILES string of the molecule is O=C([O-])c1ccc(SCc2ccccc2F)c([N+](=O)[O-])c1. The number of benzene rings is 2. The Morgan fingerprint density at radius 3 is 2.57 bits per heavy atom. The molecule has 2 rings (SSSR count). The van der Waals surface area contributed by atoms with Gasteiger partial charge in [0.05, 0.1) is 15.8 Å². The number of hydrogen-bond donors (Lipinski definition) is 0. The first kappa shape index (κ1) is 15.0. The molecule has 0 spiro atoms. The highest BCUT2D eigenvalue weighted by molar-refractivity contribution is 7.98. The number of rotatable bonds is 5. The van der Waals surface area contributed by atoms with Gasteiger partial charge in [-0.15, -0.1) is 11.8 Å². The Morgan fingerprint density at radius 1 is 1.24 bits per heavy atom. The van der Waals surface area contributed by atoms with Crippen molar-refractivity contribution in [1.82, 2.24) is 0 Å². The van der Waals surface area contributed by atoms with Crippen LogP contribution in [0.5, 0.6) is 0 Å².